The number of fused-ring (bicyclic) bond motifs is 2. The maximum atomic E-state index is 14.6. The van der Waals surface area contributed by atoms with Crippen LogP contribution in [-0.4, -0.2) is 101 Å². The van der Waals surface area contributed by atoms with E-state index in [-0.39, 0.29) is 35.4 Å². The molecule has 2 unspecified atom stereocenters. The Morgan fingerprint density at radius 2 is 1.15 bits per heavy atom. The van der Waals surface area contributed by atoms with Gasteiger partial charge in [-0.2, -0.15) is 10.2 Å². The van der Waals surface area contributed by atoms with Crippen LogP contribution in [-0.2, 0) is 27.4 Å². The van der Waals surface area contributed by atoms with Gasteiger partial charge in [-0.25, -0.2) is 9.59 Å². The van der Waals surface area contributed by atoms with E-state index in [0.29, 0.717) is 32.6 Å². The number of aromatic nitrogens is 4. The minimum absolute atomic E-state index is 0.110. The van der Waals surface area contributed by atoms with Gasteiger partial charge in [0.1, 0.15) is 17.7 Å². The lowest BCUT2D eigenvalue weighted by Gasteiger charge is -2.38. The molecule has 14 nitrogen and oxygen atoms in total. The third-order valence-corrected chi connectivity index (χ3v) is 13.1. The van der Waals surface area contributed by atoms with Crippen molar-refractivity contribution in [2.24, 2.45) is 0 Å². The highest BCUT2D eigenvalue weighted by molar-refractivity contribution is 8.76. The molecule has 0 saturated carbocycles. The summed E-state index contributed by atoms with van der Waals surface area (Å²) in [4.78, 5) is 57.9. The van der Waals surface area contributed by atoms with Crippen molar-refractivity contribution in [2.45, 2.75) is 116 Å². The van der Waals surface area contributed by atoms with E-state index in [1.807, 2.05) is 81.0 Å². The number of nitrogens with zero attached hydrogens (tertiary/aromatic N) is 6. The number of carboxylic acid groups (broad SMARTS) is 1. The highest BCUT2D eigenvalue weighted by Crippen LogP contribution is 2.36. The third kappa shape index (κ3) is 11.2. The fourth-order valence-electron chi connectivity index (χ4n) is 7.80. The fraction of sp³-hybridized carbons (Fsp3) is 0.500. The van der Waals surface area contributed by atoms with Crippen LogP contribution in [0.15, 0.2) is 72.8 Å². The Labute approximate surface area is 360 Å². The van der Waals surface area contributed by atoms with Crippen molar-refractivity contribution in [2.75, 3.05) is 24.6 Å². The van der Waals surface area contributed by atoms with Crippen LogP contribution in [0.5, 0.6) is 0 Å². The molecule has 0 aliphatic carbocycles. The van der Waals surface area contributed by atoms with Gasteiger partial charge in [-0.1, -0.05) is 122 Å². The van der Waals surface area contributed by atoms with Gasteiger partial charge in [0.15, 0.2) is 0 Å². The Bertz CT molecular complexity index is 2070. The average Bonchev–Trinajstić information content (AvgIpc) is 3.87. The molecule has 4 atom stereocenters. The summed E-state index contributed by atoms with van der Waals surface area (Å²) < 4.78 is 9.56. The van der Waals surface area contributed by atoms with Gasteiger partial charge in [0, 0.05) is 35.7 Å². The summed E-state index contributed by atoms with van der Waals surface area (Å²) in [7, 11) is 2.59. The van der Waals surface area contributed by atoms with E-state index in [1.165, 1.54) is 21.6 Å². The number of hydrogen-bond acceptors (Lipinski definition) is 9. The standard InChI is InChI=1S/C44H58N8O6S2/c1-6-8-20-36-38-26-32(30-16-12-10-13-17-30)47-51(38)24-22-49(36)40(53)34(45-42(55)56)28-59-60-29-35(46-43(57)58-44(3,4)5)41(54)50-23-25-52-39(37(50)21-9-7-2)27-33(48-52)31-18-14-11-15-19-31/h10-19,26-27,34-37,45H,6-9,20-25,28-29H2,1-5H3,(H,46,57)(H,55,56)/t34-,35-,36?,37?/m0/s1. The second kappa shape index (κ2) is 20.5. The van der Waals surface area contributed by atoms with Crippen molar-refractivity contribution in [1.29, 1.82) is 0 Å². The highest BCUT2D eigenvalue weighted by atomic mass is 33.1. The van der Waals surface area contributed by atoms with Gasteiger partial charge in [0.05, 0.1) is 47.9 Å². The molecule has 4 amide bonds. The largest absolute Gasteiger partial charge is 0.465 e. The smallest absolute Gasteiger partial charge is 0.408 e. The van der Waals surface area contributed by atoms with Crippen LogP contribution in [0.3, 0.4) is 0 Å². The summed E-state index contributed by atoms with van der Waals surface area (Å²) in [5.74, 6) is -0.275. The number of hydrogen-bond donors (Lipinski definition) is 3. The van der Waals surface area contributed by atoms with E-state index < -0.39 is 29.9 Å². The molecule has 4 heterocycles. The normalized spacial score (nSPS) is 17.3. The summed E-state index contributed by atoms with van der Waals surface area (Å²) >= 11 is 0. The number of alkyl carbamates (subject to hydrolysis) is 1. The number of ether oxygens (including phenoxy) is 1. The lowest BCUT2D eigenvalue weighted by molar-refractivity contribution is -0.137. The zero-order valence-electron chi connectivity index (χ0n) is 35.2. The zero-order valence-corrected chi connectivity index (χ0v) is 36.8. The first-order chi connectivity index (χ1) is 28.9. The molecule has 0 bridgehead atoms. The molecule has 322 valence electrons. The Hall–Kier alpha value is -4.96. The predicted molar refractivity (Wildman–Crippen MR) is 236 cm³/mol. The molecule has 0 fully saturated rings. The Balaban J connectivity index is 1.17. The maximum absolute atomic E-state index is 14.6. The molecule has 2 aromatic carbocycles. The molecule has 3 N–H and O–H groups in total. The Morgan fingerprint density at radius 1 is 0.717 bits per heavy atom. The minimum Gasteiger partial charge on any atom is -0.465 e. The quantitative estimate of drug-likeness (QED) is 0.0697. The lowest BCUT2D eigenvalue weighted by atomic mass is 10.0. The van der Waals surface area contributed by atoms with Gasteiger partial charge in [0.25, 0.3) is 0 Å². The van der Waals surface area contributed by atoms with Gasteiger partial charge >= 0.3 is 12.2 Å². The topological polar surface area (TPSA) is 164 Å². The van der Waals surface area contributed by atoms with Crippen molar-refractivity contribution in [1.82, 2.24) is 40.0 Å². The zero-order chi connectivity index (χ0) is 42.8. The number of amides is 4. The minimum atomic E-state index is -1.30. The second-order valence-corrected chi connectivity index (χ2v) is 18.8. The molecule has 2 aliphatic rings. The fourth-order valence-corrected chi connectivity index (χ4v) is 10.1. The van der Waals surface area contributed by atoms with E-state index in [9.17, 15) is 24.3 Å². The molecule has 60 heavy (non-hydrogen) atoms. The van der Waals surface area contributed by atoms with Crippen molar-refractivity contribution in [3.8, 4) is 22.5 Å². The predicted octanol–water partition coefficient (Wildman–Crippen LogP) is 8.17. The van der Waals surface area contributed by atoms with E-state index in [4.69, 9.17) is 14.9 Å². The molecule has 2 aromatic heterocycles. The number of carbonyl (C=O) groups is 4. The van der Waals surface area contributed by atoms with Crippen LogP contribution in [0.4, 0.5) is 9.59 Å². The average molecular weight is 859 g/mol. The molecule has 0 radical (unpaired) electrons. The SMILES string of the molecule is CCCCC1c2cc(-c3ccccc3)nn2CCN1C(=O)[C@H](CSSC[C@H](NC(=O)OC(C)(C)C)C(=O)N1CCn2nc(-c3ccccc3)cc2C1CCCC)NC(=O)O. The first kappa shape index (κ1) is 44.6. The monoisotopic (exact) mass is 858 g/mol. The van der Waals surface area contributed by atoms with Crippen molar-refractivity contribution >= 4 is 45.6 Å². The van der Waals surface area contributed by atoms with Crippen LogP contribution in [0, 0.1) is 0 Å². The van der Waals surface area contributed by atoms with E-state index in [0.717, 1.165) is 66.0 Å². The van der Waals surface area contributed by atoms with Crippen LogP contribution < -0.4 is 10.6 Å². The van der Waals surface area contributed by atoms with Crippen molar-refractivity contribution in [3.05, 3.63) is 84.2 Å². The summed E-state index contributed by atoms with van der Waals surface area (Å²) in [6, 6.07) is 21.5. The van der Waals surface area contributed by atoms with E-state index in [2.05, 4.69) is 30.5 Å². The molecular formula is C44H58N8O6S2. The summed E-state index contributed by atoms with van der Waals surface area (Å²) in [5, 5.41) is 24.9. The van der Waals surface area contributed by atoms with E-state index >= 15 is 0 Å². The molecule has 0 saturated heterocycles. The number of carbonyl (C=O) groups excluding carboxylic acids is 3. The number of unbranched alkanes of at least 4 members (excludes halogenated alkanes) is 2. The maximum Gasteiger partial charge on any atom is 0.408 e. The van der Waals surface area contributed by atoms with Crippen molar-refractivity contribution < 1.29 is 29.0 Å². The molecule has 16 heteroatoms. The lowest BCUT2D eigenvalue weighted by Crippen LogP contribution is -2.54. The van der Waals surface area contributed by atoms with Crippen LogP contribution >= 0.6 is 21.6 Å². The van der Waals surface area contributed by atoms with E-state index in [1.54, 1.807) is 25.7 Å². The molecule has 0 spiro atoms. The number of benzene rings is 2. The Kier molecular flexibility index (Phi) is 15.3. The number of nitrogens with one attached hydrogen (secondary N) is 2. The molecule has 4 aromatic rings. The Morgan fingerprint density at radius 3 is 1.55 bits per heavy atom. The summed E-state index contributed by atoms with van der Waals surface area (Å²) in [5.41, 5.74) is 4.77. The van der Waals surface area contributed by atoms with Crippen LogP contribution in [0.25, 0.3) is 22.5 Å². The van der Waals surface area contributed by atoms with Gasteiger partial charge in [0.2, 0.25) is 11.8 Å². The highest BCUT2D eigenvalue weighted by Gasteiger charge is 2.38. The van der Waals surface area contributed by atoms with Gasteiger partial charge in [-0.15, -0.1) is 0 Å². The summed E-state index contributed by atoms with van der Waals surface area (Å²) in [6.45, 7) is 11.3. The van der Waals surface area contributed by atoms with Gasteiger partial charge in [-0.05, 0) is 45.7 Å². The van der Waals surface area contributed by atoms with Gasteiger partial charge < -0.3 is 30.3 Å². The van der Waals surface area contributed by atoms with Crippen LogP contribution in [0.2, 0.25) is 0 Å². The second-order valence-electron chi connectivity index (χ2n) is 16.2. The first-order valence-electron chi connectivity index (χ1n) is 21.0. The first-order valence-corrected chi connectivity index (χ1v) is 23.5. The molecule has 2 aliphatic heterocycles. The third-order valence-electron chi connectivity index (χ3n) is 10.7. The van der Waals surface area contributed by atoms with Crippen molar-refractivity contribution in [3.63, 3.8) is 0 Å². The molecular weight excluding hydrogens is 801 g/mol. The summed E-state index contributed by atoms with van der Waals surface area (Å²) in [6.07, 6.45) is 3.12. The van der Waals surface area contributed by atoms with Gasteiger partial charge in [-0.3, -0.25) is 19.0 Å². The number of rotatable bonds is 17. The molecule has 6 rings (SSSR count). The van der Waals surface area contributed by atoms with Crippen LogP contribution in [0.1, 0.15) is 96.6 Å².